The van der Waals surface area contributed by atoms with Crippen molar-refractivity contribution in [3.8, 4) is 0 Å². The van der Waals surface area contributed by atoms with Crippen LogP contribution in [-0.2, 0) is 0 Å². The molecule has 0 atom stereocenters. The zero-order chi connectivity index (χ0) is 20.4. The Labute approximate surface area is 167 Å². The van der Waals surface area contributed by atoms with Gasteiger partial charge in [-0.3, -0.25) is 20.2 Å². The zero-order valence-corrected chi connectivity index (χ0v) is 15.2. The molecular formula is C13H14BBrF2N5O4S. The average molecular weight is 465 g/mol. The van der Waals surface area contributed by atoms with E-state index in [1.807, 2.05) is 0 Å². The molecule has 0 aromatic heterocycles. The summed E-state index contributed by atoms with van der Waals surface area (Å²) in [5, 5.41) is 20.2. The standard InChI is InChI=1S/C6H4BrFN2O2.C6H5FN2O2.CH4.BHNS/c7-3-1-6(10(11)12)4(8)2-5(3)9;7-5-3-4(8)1-2-6(5)9(10)11;;1-2-3/h1-2H,9H2;1-3H,8H2;1H4;3H. The van der Waals surface area contributed by atoms with Crippen LogP contribution in [0, 0.1) is 31.9 Å². The predicted molar refractivity (Wildman–Crippen MR) is 107 cm³/mol. The van der Waals surface area contributed by atoms with Crippen LogP contribution in [-0.4, -0.2) is 17.5 Å². The molecule has 0 saturated carbocycles. The molecule has 0 saturated heterocycles. The molecule has 4 N–H and O–H groups in total. The minimum atomic E-state index is -0.930. The van der Waals surface area contributed by atoms with Crippen LogP contribution in [0.5, 0.6) is 0 Å². The second-order valence-corrected chi connectivity index (χ2v) is 5.25. The van der Waals surface area contributed by atoms with E-state index in [9.17, 15) is 29.0 Å². The van der Waals surface area contributed by atoms with Crippen molar-refractivity contribution >= 4 is 59.1 Å². The summed E-state index contributed by atoms with van der Waals surface area (Å²) >= 11 is 6.14. The number of nitro groups is 2. The van der Waals surface area contributed by atoms with Gasteiger partial charge in [0.05, 0.1) is 9.85 Å². The van der Waals surface area contributed by atoms with Crippen LogP contribution in [0.25, 0.3) is 0 Å². The Kier molecular flexibility index (Phi) is 12.5. The van der Waals surface area contributed by atoms with E-state index in [0.29, 0.717) is 4.47 Å². The molecule has 0 heterocycles. The molecule has 0 aliphatic heterocycles. The SMILES string of the molecule is C.Nc1cc(F)c([N+](=O)[O-])cc1Br.Nc1ccc([N+](=O)[O-])c(F)c1.[B]=NS. The number of benzene rings is 2. The number of hydrogen-bond acceptors (Lipinski definition) is 8. The summed E-state index contributed by atoms with van der Waals surface area (Å²) in [6.45, 7) is 0. The van der Waals surface area contributed by atoms with Crippen molar-refractivity contribution in [1.82, 2.24) is 0 Å². The zero-order valence-electron chi connectivity index (χ0n) is 12.7. The molecule has 27 heavy (non-hydrogen) atoms. The van der Waals surface area contributed by atoms with Gasteiger partial charge >= 0.3 is 36.1 Å². The van der Waals surface area contributed by atoms with Crippen molar-refractivity contribution in [3.05, 3.63) is 66.7 Å². The second kappa shape index (κ2) is 12.7. The molecule has 2 aromatic rings. The number of nitrogens with two attached hydrogens (primary N) is 2. The number of hydrogen-bond donors (Lipinski definition) is 3. The molecule has 0 unspecified atom stereocenters. The molecule has 2 rings (SSSR count). The number of rotatable bonds is 2. The molecule has 0 fully saturated rings. The first-order valence-electron chi connectivity index (χ1n) is 6.17. The molecule has 1 radical (unpaired) electrons. The molecule has 0 aliphatic carbocycles. The Morgan fingerprint density at radius 3 is 1.89 bits per heavy atom. The summed E-state index contributed by atoms with van der Waals surface area (Å²) in [6, 6.07) is 5.16. The number of thiol groups is 1. The van der Waals surface area contributed by atoms with E-state index in [2.05, 4.69) is 40.7 Å². The Balaban J connectivity index is 0. The summed E-state index contributed by atoms with van der Waals surface area (Å²) in [7, 11) is 4.34. The third kappa shape index (κ3) is 9.05. The first-order valence-corrected chi connectivity index (χ1v) is 7.37. The van der Waals surface area contributed by atoms with Crippen LogP contribution in [0.15, 0.2) is 39.1 Å². The van der Waals surface area contributed by atoms with Crippen LogP contribution in [0.4, 0.5) is 31.5 Å². The number of nitro benzene ring substituents is 2. The van der Waals surface area contributed by atoms with E-state index in [4.69, 9.17) is 11.5 Å². The fourth-order valence-electron chi connectivity index (χ4n) is 1.36. The molecule has 145 valence electrons. The number of anilines is 2. The van der Waals surface area contributed by atoms with Gasteiger partial charge in [-0.05, 0) is 22.0 Å². The first kappa shape index (κ1) is 26.6. The molecule has 0 amide bonds. The molecule has 0 spiro atoms. The van der Waals surface area contributed by atoms with Crippen molar-refractivity contribution in [1.29, 1.82) is 0 Å². The summed E-state index contributed by atoms with van der Waals surface area (Å²) in [6.07, 6.45) is 0. The predicted octanol–water partition coefficient (Wildman–Crippen LogP) is 4.21. The quantitative estimate of drug-likeness (QED) is 0.199. The Morgan fingerprint density at radius 1 is 1.04 bits per heavy atom. The van der Waals surface area contributed by atoms with Gasteiger partial charge in [0.2, 0.25) is 11.6 Å². The van der Waals surface area contributed by atoms with Crippen molar-refractivity contribution < 1.29 is 18.6 Å². The molecular weight excluding hydrogens is 451 g/mol. The van der Waals surface area contributed by atoms with E-state index in [0.717, 1.165) is 24.3 Å². The minimum absolute atomic E-state index is 0. The van der Waals surface area contributed by atoms with Crippen LogP contribution < -0.4 is 11.5 Å². The Bertz CT molecular complexity index is 832. The normalized spacial score (nSPS) is 8.70. The van der Waals surface area contributed by atoms with Gasteiger partial charge in [0.1, 0.15) is 0 Å². The van der Waals surface area contributed by atoms with E-state index in [-0.39, 0.29) is 18.8 Å². The van der Waals surface area contributed by atoms with Crippen LogP contribution in [0.2, 0.25) is 0 Å². The second-order valence-electron chi connectivity index (χ2n) is 4.17. The maximum atomic E-state index is 12.7. The average Bonchev–Trinajstić information content (AvgIpc) is 2.51. The molecule has 0 bridgehead atoms. The van der Waals surface area contributed by atoms with Gasteiger partial charge in [-0.1, -0.05) is 7.43 Å². The van der Waals surface area contributed by atoms with Gasteiger partial charge in [-0.2, -0.15) is 8.78 Å². The fourth-order valence-corrected chi connectivity index (χ4v) is 1.69. The summed E-state index contributed by atoms with van der Waals surface area (Å²) in [5.74, 6) is -1.84. The number of nitrogens with zero attached hydrogens (tertiary/aromatic N) is 3. The van der Waals surface area contributed by atoms with Gasteiger partial charge in [0, 0.05) is 40.1 Å². The molecule has 0 aliphatic rings. The number of nitrogen functional groups attached to an aromatic ring is 2. The van der Waals surface area contributed by atoms with E-state index >= 15 is 0 Å². The monoisotopic (exact) mass is 464 g/mol. The van der Waals surface area contributed by atoms with Crippen molar-refractivity contribution in [3.63, 3.8) is 0 Å². The first-order chi connectivity index (χ1) is 12.0. The molecule has 14 heteroatoms. The van der Waals surface area contributed by atoms with E-state index in [1.54, 1.807) is 0 Å². The maximum absolute atomic E-state index is 12.7. The third-order valence-corrected chi connectivity index (χ3v) is 3.12. The van der Waals surface area contributed by atoms with Gasteiger partial charge in [0.25, 0.3) is 0 Å². The molecule has 2 aromatic carbocycles. The summed E-state index contributed by atoms with van der Waals surface area (Å²) in [5.41, 5.74) is 9.61. The van der Waals surface area contributed by atoms with Crippen molar-refractivity contribution in [2.75, 3.05) is 11.5 Å². The van der Waals surface area contributed by atoms with Gasteiger partial charge < -0.3 is 11.5 Å². The van der Waals surface area contributed by atoms with Gasteiger partial charge in [-0.15, -0.1) is 0 Å². The van der Waals surface area contributed by atoms with Gasteiger partial charge in [0.15, 0.2) is 0 Å². The van der Waals surface area contributed by atoms with E-state index in [1.165, 1.54) is 6.07 Å². The van der Waals surface area contributed by atoms with Gasteiger partial charge in [-0.25, -0.2) is 0 Å². The Morgan fingerprint density at radius 2 is 1.48 bits per heavy atom. The third-order valence-electron chi connectivity index (χ3n) is 2.43. The van der Waals surface area contributed by atoms with Crippen molar-refractivity contribution in [2.45, 2.75) is 7.43 Å². The summed E-state index contributed by atoms with van der Waals surface area (Å²) < 4.78 is 28.3. The van der Waals surface area contributed by atoms with E-state index < -0.39 is 32.9 Å². The van der Waals surface area contributed by atoms with Crippen LogP contribution in [0.3, 0.4) is 0 Å². The fraction of sp³-hybridized carbons (Fsp3) is 0.0769. The topological polar surface area (TPSA) is 151 Å². The Hall–Kier alpha value is -2.61. The number of halogens is 3. The molecule has 9 nitrogen and oxygen atoms in total. The summed E-state index contributed by atoms with van der Waals surface area (Å²) in [4.78, 5) is 18.6. The van der Waals surface area contributed by atoms with Crippen LogP contribution in [0.1, 0.15) is 7.43 Å². The van der Waals surface area contributed by atoms with Crippen molar-refractivity contribution in [2.24, 2.45) is 4.30 Å². The van der Waals surface area contributed by atoms with Crippen LogP contribution >= 0.6 is 28.7 Å².